The number of nitrogens with two attached hydrogens (primary N) is 2. The largest absolute Gasteiger partial charge is 0.394 e. The Kier molecular flexibility index (Phi) is 8.80. The first-order valence-electron chi connectivity index (χ1n) is 12.1. The predicted molar refractivity (Wildman–Crippen MR) is 145 cm³/mol. The standard InChI is InChI=1S/C25H30ClN7O6/c26-14-4-5-17-16(11-14)19(30-25(29-17)31-24(27)28)13-2-1-3-15(10-13)32-6-8-33(9-7-32)23(39)22(38)21(37)20(36)18(35)12-34/h1-5,10-11,18,20-22,34-38H,6-9,12H2,(H4,27,28,29,30,31)/t18-,20-,21+,22-/m1/s1. The number of anilines is 1. The zero-order valence-corrected chi connectivity index (χ0v) is 21.6. The second-order valence-electron chi connectivity index (χ2n) is 9.11. The summed E-state index contributed by atoms with van der Waals surface area (Å²) in [6.07, 6.45) is -7.47. The number of carbonyl (C=O) groups is 1. The van der Waals surface area contributed by atoms with E-state index in [0.717, 1.165) is 11.3 Å². The summed E-state index contributed by atoms with van der Waals surface area (Å²) in [5, 5.41) is 49.8. The molecule has 0 spiro atoms. The van der Waals surface area contributed by atoms with Crippen LogP contribution in [0, 0.1) is 0 Å². The Morgan fingerprint density at radius 2 is 1.72 bits per heavy atom. The zero-order valence-electron chi connectivity index (χ0n) is 20.8. The van der Waals surface area contributed by atoms with Gasteiger partial charge in [0, 0.05) is 47.8 Å². The quantitative estimate of drug-likeness (QED) is 0.130. The lowest BCUT2D eigenvalue weighted by atomic mass is 10.0. The van der Waals surface area contributed by atoms with Gasteiger partial charge in [0.25, 0.3) is 11.9 Å². The van der Waals surface area contributed by atoms with Gasteiger partial charge in [-0.3, -0.25) is 4.79 Å². The van der Waals surface area contributed by atoms with Crippen LogP contribution < -0.4 is 16.4 Å². The van der Waals surface area contributed by atoms with Crippen LogP contribution in [0.3, 0.4) is 0 Å². The number of hydrogen-bond acceptors (Lipinski definition) is 10. The van der Waals surface area contributed by atoms with E-state index < -0.39 is 36.9 Å². The van der Waals surface area contributed by atoms with Crippen LogP contribution in [0.1, 0.15) is 0 Å². The van der Waals surface area contributed by atoms with Gasteiger partial charge in [-0.2, -0.15) is 4.99 Å². The summed E-state index contributed by atoms with van der Waals surface area (Å²) in [4.78, 5) is 29.0. The predicted octanol–water partition coefficient (Wildman–Crippen LogP) is -1.06. The Bertz CT molecular complexity index is 1360. The summed E-state index contributed by atoms with van der Waals surface area (Å²) in [5.74, 6) is -0.849. The van der Waals surface area contributed by atoms with Crippen LogP contribution in [0.4, 0.5) is 11.6 Å². The maximum Gasteiger partial charge on any atom is 0.254 e. The molecule has 1 saturated heterocycles. The normalized spacial score (nSPS) is 17.0. The SMILES string of the molecule is NC(N)=Nc1nc(-c2cccc(N3CCN(C(=O)[C@H](O)[C@@H](O)[C@H](O)[C@H](O)CO)CC3)c2)c2cc(Cl)ccc2n1. The maximum absolute atomic E-state index is 12.7. The molecule has 1 aromatic heterocycles. The van der Waals surface area contributed by atoms with Gasteiger partial charge < -0.3 is 46.8 Å². The van der Waals surface area contributed by atoms with Crippen molar-refractivity contribution in [2.24, 2.45) is 16.5 Å². The summed E-state index contributed by atoms with van der Waals surface area (Å²) in [6.45, 7) is 0.507. The van der Waals surface area contributed by atoms with Crippen molar-refractivity contribution in [3.05, 3.63) is 47.5 Å². The highest BCUT2D eigenvalue weighted by Crippen LogP contribution is 2.32. The summed E-state index contributed by atoms with van der Waals surface area (Å²) in [6, 6.07) is 12.8. The van der Waals surface area contributed by atoms with E-state index in [0.29, 0.717) is 34.7 Å². The van der Waals surface area contributed by atoms with E-state index in [1.807, 2.05) is 29.2 Å². The molecule has 1 amide bonds. The number of aromatic nitrogens is 2. The number of carbonyl (C=O) groups excluding carboxylic acids is 1. The molecule has 13 nitrogen and oxygen atoms in total. The minimum atomic E-state index is -1.95. The van der Waals surface area contributed by atoms with Gasteiger partial charge in [0.15, 0.2) is 12.1 Å². The molecule has 4 rings (SSSR count). The fourth-order valence-corrected chi connectivity index (χ4v) is 4.54. The zero-order chi connectivity index (χ0) is 28.3. The van der Waals surface area contributed by atoms with E-state index >= 15 is 0 Å². The molecular weight excluding hydrogens is 530 g/mol. The summed E-state index contributed by atoms with van der Waals surface area (Å²) < 4.78 is 0. The molecule has 208 valence electrons. The topological polar surface area (TPSA) is 215 Å². The molecule has 39 heavy (non-hydrogen) atoms. The second-order valence-corrected chi connectivity index (χ2v) is 9.55. The molecule has 2 aromatic carbocycles. The molecular formula is C25H30ClN7O6. The van der Waals surface area contributed by atoms with E-state index in [1.165, 1.54) is 4.90 Å². The van der Waals surface area contributed by atoms with Gasteiger partial charge in [-0.25, -0.2) is 9.97 Å². The van der Waals surface area contributed by atoms with E-state index in [2.05, 4.69) is 15.0 Å². The van der Waals surface area contributed by atoms with Crippen molar-refractivity contribution in [1.29, 1.82) is 0 Å². The van der Waals surface area contributed by atoms with Gasteiger partial charge in [-0.15, -0.1) is 0 Å². The Hall–Kier alpha value is -3.59. The smallest absolute Gasteiger partial charge is 0.254 e. The lowest BCUT2D eigenvalue weighted by molar-refractivity contribution is -0.158. The van der Waals surface area contributed by atoms with Gasteiger partial charge in [0.2, 0.25) is 0 Å². The number of fused-ring (bicyclic) bond motifs is 1. The third kappa shape index (κ3) is 6.36. The first-order chi connectivity index (χ1) is 18.6. The van der Waals surface area contributed by atoms with Crippen LogP contribution in [0.5, 0.6) is 0 Å². The van der Waals surface area contributed by atoms with Crippen molar-refractivity contribution in [2.45, 2.75) is 24.4 Å². The highest BCUT2D eigenvalue weighted by molar-refractivity contribution is 6.31. The van der Waals surface area contributed by atoms with Crippen LogP contribution >= 0.6 is 11.6 Å². The highest BCUT2D eigenvalue weighted by Gasteiger charge is 2.37. The molecule has 2 heterocycles. The Labute approximate surface area is 228 Å². The molecule has 0 aliphatic carbocycles. The summed E-state index contributed by atoms with van der Waals surface area (Å²) in [7, 11) is 0. The average molecular weight is 560 g/mol. The van der Waals surface area contributed by atoms with Gasteiger partial charge in [0.05, 0.1) is 17.8 Å². The fraction of sp³-hybridized carbons (Fsp3) is 0.360. The second kappa shape index (κ2) is 12.1. The van der Waals surface area contributed by atoms with Gasteiger partial charge in [0.1, 0.15) is 18.3 Å². The number of aliphatic hydroxyl groups excluding tert-OH is 5. The Balaban J connectivity index is 1.53. The minimum Gasteiger partial charge on any atom is -0.394 e. The number of piperazine rings is 1. The number of hydrogen-bond donors (Lipinski definition) is 7. The molecule has 0 radical (unpaired) electrons. The average Bonchev–Trinajstić information content (AvgIpc) is 2.94. The highest BCUT2D eigenvalue weighted by atomic mass is 35.5. The van der Waals surface area contributed by atoms with E-state index in [4.69, 9.17) is 28.2 Å². The minimum absolute atomic E-state index is 0.106. The van der Waals surface area contributed by atoms with Crippen LogP contribution in [-0.2, 0) is 4.79 Å². The monoisotopic (exact) mass is 559 g/mol. The number of benzene rings is 2. The molecule has 1 aliphatic rings. The van der Waals surface area contributed by atoms with E-state index in [-0.39, 0.29) is 25.0 Å². The number of aliphatic imine (C=N–C) groups is 1. The van der Waals surface area contributed by atoms with Crippen LogP contribution in [0.2, 0.25) is 5.02 Å². The fourth-order valence-electron chi connectivity index (χ4n) is 4.36. The molecule has 1 aliphatic heterocycles. The first-order valence-corrected chi connectivity index (χ1v) is 12.5. The number of amides is 1. The summed E-state index contributed by atoms with van der Waals surface area (Å²) in [5.41, 5.74) is 13.9. The first kappa shape index (κ1) is 28.4. The van der Waals surface area contributed by atoms with E-state index in [1.54, 1.807) is 18.2 Å². The Morgan fingerprint density at radius 1 is 1.00 bits per heavy atom. The van der Waals surface area contributed by atoms with Gasteiger partial charge in [-0.05, 0) is 30.3 Å². The Morgan fingerprint density at radius 3 is 2.38 bits per heavy atom. The third-order valence-electron chi connectivity index (χ3n) is 6.46. The van der Waals surface area contributed by atoms with Gasteiger partial charge >= 0.3 is 0 Å². The van der Waals surface area contributed by atoms with Crippen molar-refractivity contribution in [1.82, 2.24) is 14.9 Å². The van der Waals surface area contributed by atoms with Gasteiger partial charge in [-0.1, -0.05) is 23.7 Å². The van der Waals surface area contributed by atoms with Crippen molar-refractivity contribution >= 4 is 46.0 Å². The maximum atomic E-state index is 12.7. The number of rotatable bonds is 8. The van der Waals surface area contributed by atoms with Crippen molar-refractivity contribution < 1.29 is 30.3 Å². The van der Waals surface area contributed by atoms with Crippen LogP contribution in [0.15, 0.2) is 47.5 Å². The number of nitrogens with zero attached hydrogens (tertiary/aromatic N) is 5. The molecule has 1 fully saturated rings. The molecule has 9 N–H and O–H groups in total. The number of guanidine groups is 1. The molecule has 0 bridgehead atoms. The number of halogens is 1. The van der Waals surface area contributed by atoms with Crippen LogP contribution in [0.25, 0.3) is 22.2 Å². The lowest BCUT2D eigenvalue weighted by Crippen LogP contribution is -2.56. The number of aliphatic hydroxyl groups is 5. The molecule has 0 unspecified atom stereocenters. The lowest BCUT2D eigenvalue weighted by Gasteiger charge is -2.38. The molecule has 0 saturated carbocycles. The van der Waals surface area contributed by atoms with Crippen molar-refractivity contribution in [2.75, 3.05) is 37.7 Å². The summed E-state index contributed by atoms with van der Waals surface area (Å²) >= 11 is 6.24. The third-order valence-corrected chi connectivity index (χ3v) is 6.69. The van der Waals surface area contributed by atoms with E-state index in [9.17, 15) is 25.2 Å². The van der Waals surface area contributed by atoms with Crippen molar-refractivity contribution in [3.63, 3.8) is 0 Å². The van der Waals surface area contributed by atoms with Crippen LogP contribution in [-0.4, -0.2) is 109 Å². The molecule has 14 heteroatoms. The molecule has 3 aromatic rings. The molecule has 4 atom stereocenters. The van der Waals surface area contributed by atoms with Crippen molar-refractivity contribution in [3.8, 4) is 11.3 Å².